The first kappa shape index (κ1) is 12.0. The zero-order valence-corrected chi connectivity index (χ0v) is 9.01. The first-order valence-electron chi connectivity index (χ1n) is 5.04. The van der Waals surface area contributed by atoms with Crippen LogP contribution in [0.25, 0.3) is 0 Å². The van der Waals surface area contributed by atoms with Gasteiger partial charge in [-0.25, -0.2) is 0 Å². The predicted molar refractivity (Wildman–Crippen MR) is 53.2 cm³/mol. The molecule has 0 saturated carbocycles. The lowest BCUT2D eigenvalue weighted by Gasteiger charge is -2.35. The Hall–Kier alpha value is -1.12. The molecule has 15 heavy (non-hydrogen) atoms. The topological polar surface area (TPSA) is 73.6 Å². The third kappa shape index (κ3) is 2.91. The van der Waals surface area contributed by atoms with E-state index in [0.29, 0.717) is 19.7 Å². The maximum atomic E-state index is 11.1. The highest BCUT2D eigenvalue weighted by Crippen LogP contribution is 2.15. The van der Waals surface area contributed by atoms with Crippen LogP contribution in [-0.2, 0) is 9.53 Å². The normalized spacial score (nSPS) is 24.8. The average molecular weight is 212 g/mol. The largest absolute Gasteiger partial charge is 0.480 e. The number of morpholine rings is 1. The van der Waals surface area contributed by atoms with E-state index in [2.05, 4.69) is 0 Å². The Morgan fingerprint density at radius 1 is 1.67 bits per heavy atom. The minimum Gasteiger partial charge on any atom is -0.480 e. The van der Waals surface area contributed by atoms with E-state index in [4.69, 9.17) is 15.1 Å². The Kier molecular flexibility index (Phi) is 4.06. The second kappa shape index (κ2) is 5.10. The van der Waals surface area contributed by atoms with E-state index < -0.39 is 18.1 Å². The third-order valence-corrected chi connectivity index (χ3v) is 2.52. The highest BCUT2D eigenvalue weighted by molar-refractivity contribution is 5.73. The highest BCUT2D eigenvalue weighted by Gasteiger charge is 2.32. The summed E-state index contributed by atoms with van der Waals surface area (Å²) in [4.78, 5) is 12.9. The molecule has 0 bridgehead atoms. The summed E-state index contributed by atoms with van der Waals surface area (Å²) in [6.07, 6.45) is -0.501. The summed E-state index contributed by atoms with van der Waals surface area (Å²) in [7, 11) is 0. The predicted octanol–water partition coefficient (Wildman–Crippen LogP) is 0.320. The van der Waals surface area contributed by atoms with Crippen molar-refractivity contribution in [1.29, 1.82) is 5.26 Å². The van der Waals surface area contributed by atoms with E-state index in [9.17, 15) is 4.79 Å². The Bertz CT molecular complexity index is 272. The maximum absolute atomic E-state index is 11.1. The van der Waals surface area contributed by atoms with Crippen LogP contribution in [0.15, 0.2) is 0 Å². The number of hydrogen-bond acceptors (Lipinski definition) is 4. The number of carbonyl (C=O) groups is 1. The van der Waals surface area contributed by atoms with Gasteiger partial charge >= 0.3 is 5.97 Å². The number of carboxylic acid groups (broad SMARTS) is 1. The zero-order valence-electron chi connectivity index (χ0n) is 9.01. The fourth-order valence-electron chi connectivity index (χ4n) is 1.86. The quantitative estimate of drug-likeness (QED) is 0.729. The molecule has 84 valence electrons. The molecular weight excluding hydrogens is 196 g/mol. The first-order valence-corrected chi connectivity index (χ1v) is 5.04. The summed E-state index contributed by atoms with van der Waals surface area (Å²) in [5.41, 5.74) is 0. The van der Waals surface area contributed by atoms with Crippen LogP contribution in [0.1, 0.15) is 13.8 Å². The van der Waals surface area contributed by atoms with Crippen molar-refractivity contribution >= 4 is 5.97 Å². The molecule has 0 aliphatic carbocycles. The molecule has 5 nitrogen and oxygen atoms in total. The number of aliphatic carboxylic acids is 1. The minimum atomic E-state index is -0.830. The third-order valence-electron chi connectivity index (χ3n) is 2.52. The summed E-state index contributed by atoms with van der Waals surface area (Å²) < 4.78 is 5.17. The molecule has 1 heterocycles. The lowest BCUT2D eigenvalue weighted by molar-refractivity contribution is -0.148. The van der Waals surface area contributed by atoms with E-state index in [1.165, 1.54) is 0 Å². The standard InChI is InChI=1S/C10H16N2O3/c1-7(2)9(10(13)14)12-3-4-15-8(5-11)6-12/h7-9H,3-4,6H2,1-2H3,(H,13,14). The van der Waals surface area contributed by atoms with E-state index in [-0.39, 0.29) is 5.92 Å². The molecule has 2 unspecified atom stereocenters. The molecule has 1 aliphatic heterocycles. The summed E-state index contributed by atoms with van der Waals surface area (Å²) in [5, 5.41) is 17.8. The number of carboxylic acids is 1. The molecule has 5 heteroatoms. The van der Waals surface area contributed by atoms with E-state index in [0.717, 1.165) is 0 Å². The number of nitrogens with zero attached hydrogens (tertiary/aromatic N) is 2. The average Bonchev–Trinajstić information content (AvgIpc) is 2.17. The van der Waals surface area contributed by atoms with Crippen LogP contribution < -0.4 is 0 Å². The lowest BCUT2D eigenvalue weighted by atomic mass is 10.0. The molecule has 1 fully saturated rings. The van der Waals surface area contributed by atoms with Crippen LogP contribution in [-0.4, -0.2) is 47.8 Å². The SMILES string of the molecule is CC(C)C(C(=O)O)N1CCOC(C#N)C1. The van der Waals surface area contributed by atoms with Crippen molar-refractivity contribution in [2.24, 2.45) is 5.92 Å². The minimum absolute atomic E-state index is 0.0277. The molecule has 0 aromatic carbocycles. The van der Waals surface area contributed by atoms with Crippen molar-refractivity contribution in [2.45, 2.75) is 26.0 Å². The summed E-state index contributed by atoms with van der Waals surface area (Å²) in [6, 6.07) is 1.49. The van der Waals surface area contributed by atoms with E-state index >= 15 is 0 Å². The van der Waals surface area contributed by atoms with Crippen molar-refractivity contribution in [3.8, 4) is 6.07 Å². The maximum Gasteiger partial charge on any atom is 0.321 e. The summed E-state index contributed by atoms with van der Waals surface area (Å²) >= 11 is 0. The summed E-state index contributed by atoms with van der Waals surface area (Å²) in [6.45, 7) is 5.12. The molecule has 1 aliphatic rings. The van der Waals surface area contributed by atoms with Gasteiger partial charge in [-0.05, 0) is 5.92 Å². The van der Waals surface area contributed by atoms with Gasteiger partial charge in [-0.15, -0.1) is 0 Å². The van der Waals surface area contributed by atoms with Gasteiger partial charge in [0.05, 0.1) is 12.7 Å². The van der Waals surface area contributed by atoms with Gasteiger partial charge < -0.3 is 9.84 Å². The number of nitriles is 1. The van der Waals surface area contributed by atoms with Crippen LogP contribution >= 0.6 is 0 Å². The molecule has 0 aromatic rings. The van der Waals surface area contributed by atoms with Crippen LogP contribution in [0.4, 0.5) is 0 Å². The van der Waals surface area contributed by atoms with Crippen molar-refractivity contribution in [3.63, 3.8) is 0 Å². The van der Waals surface area contributed by atoms with Crippen molar-refractivity contribution < 1.29 is 14.6 Å². The van der Waals surface area contributed by atoms with Gasteiger partial charge in [-0.1, -0.05) is 13.8 Å². The van der Waals surface area contributed by atoms with Gasteiger partial charge in [-0.2, -0.15) is 5.26 Å². The number of hydrogen-bond donors (Lipinski definition) is 1. The molecule has 0 spiro atoms. The van der Waals surface area contributed by atoms with Gasteiger partial charge in [-0.3, -0.25) is 9.69 Å². The monoisotopic (exact) mass is 212 g/mol. The zero-order chi connectivity index (χ0) is 11.4. The fraction of sp³-hybridized carbons (Fsp3) is 0.800. The van der Waals surface area contributed by atoms with Crippen molar-refractivity contribution in [2.75, 3.05) is 19.7 Å². The Morgan fingerprint density at radius 2 is 2.33 bits per heavy atom. The van der Waals surface area contributed by atoms with E-state index in [1.807, 2.05) is 24.8 Å². The van der Waals surface area contributed by atoms with Gasteiger partial charge in [0.2, 0.25) is 0 Å². The van der Waals surface area contributed by atoms with Crippen LogP contribution in [0.2, 0.25) is 0 Å². The van der Waals surface area contributed by atoms with Gasteiger partial charge in [0.1, 0.15) is 6.04 Å². The van der Waals surface area contributed by atoms with Crippen molar-refractivity contribution in [3.05, 3.63) is 0 Å². The number of ether oxygens (including phenoxy) is 1. The molecule has 0 aromatic heterocycles. The highest BCUT2D eigenvalue weighted by atomic mass is 16.5. The molecule has 1 rings (SSSR count). The Balaban J connectivity index is 2.68. The van der Waals surface area contributed by atoms with Crippen LogP contribution in [0, 0.1) is 17.2 Å². The fourth-order valence-corrected chi connectivity index (χ4v) is 1.86. The molecule has 1 N–H and O–H groups in total. The lowest BCUT2D eigenvalue weighted by Crippen LogP contribution is -2.52. The van der Waals surface area contributed by atoms with Crippen LogP contribution in [0.3, 0.4) is 0 Å². The Labute approximate surface area is 89.2 Å². The second-order valence-corrected chi connectivity index (χ2v) is 4.01. The van der Waals surface area contributed by atoms with Gasteiger partial charge in [0.25, 0.3) is 0 Å². The summed E-state index contributed by atoms with van der Waals surface area (Å²) in [5.74, 6) is -0.802. The van der Waals surface area contributed by atoms with Gasteiger partial charge in [0.15, 0.2) is 6.10 Å². The van der Waals surface area contributed by atoms with Gasteiger partial charge in [0, 0.05) is 13.1 Å². The molecule has 2 atom stereocenters. The van der Waals surface area contributed by atoms with Crippen molar-refractivity contribution in [1.82, 2.24) is 4.90 Å². The second-order valence-electron chi connectivity index (χ2n) is 4.01. The molecular formula is C10H16N2O3. The smallest absolute Gasteiger partial charge is 0.321 e. The number of rotatable bonds is 3. The molecule has 0 amide bonds. The molecule has 1 saturated heterocycles. The molecule has 0 radical (unpaired) electrons. The first-order chi connectivity index (χ1) is 7.06. The Morgan fingerprint density at radius 3 is 2.80 bits per heavy atom. The van der Waals surface area contributed by atoms with E-state index in [1.54, 1.807) is 0 Å². The van der Waals surface area contributed by atoms with Crippen LogP contribution in [0.5, 0.6) is 0 Å².